The van der Waals surface area contributed by atoms with E-state index in [2.05, 4.69) is 4.90 Å². The van der Waals surface area contributed by atoms with E-state index in [0.29, 0.717) is 6.54 Å². The number of carboxylic acids is 1. The molecular weight excluding hydrogens is 170 g/mol. The molecule has 0 aliphatic rings. The molecule has 0 saturated carbocycles. The van der Waals surface area contributed by atoms with Crippen molar-refractivity contribution >= 4 is 5.97 Å². The van der Waals surface area contributed by atoms with E-state index in [0.717, 1.165) is 13.1 Å². The summed E-state index contributed by atoms with van der Waals surface area (Å²) in [5.74, 6) is -0.747. The minimum atomic E-state index is -0.747. The Balaban J connectivity index is 3.68. The van der Waals surface area contributed by atoms with E-state index in [-0.39, 0.29) is 12.5 Å². The van der Waals surface area contributed by atoms with Crippen LogP contribution in [0.4, 0.5) is 0 Å². The number of likely N-dealkylation sites (N-methyl/N-ethyl adjacent to an activating group) is 1. The summed E-state index contributed by atoms with van der Waals surface area (Å²) < 4.78 is 5.10. The van der Waals surface area contributed by atoms with E-state index in [1.165, 1.54) is 0 Å². The summed E-state index contributed by atoms with van der Waals surface area (Å²) >= 11 is 0. The maximum absolute atomic E-state index is 10.3. The summed E-state index contributed by atoms with van der Waals surface area (Å²) in [6.07, 6.45) is 0.360. The maximum atomic E-state index is 10.3. The van der Waals surface area contributed by atoms with E-state index in [9.17, 15) is 4.79 Å². The second kappa shape index (κ2) is 6.86. The van der Waals surface area contributed by atoms with Crippen LogP contribution >= 0.6 is 0 Å². The van der Waals surface area contributed by atoms with Gasteiger partial charge in [-0.2, -0.15) is 0 Å². The predicted molar refractivity (Wildman–Crippen MR) is 50.8 cm³/mol. The number of ether oxygens (including phenoxy) is 1. The molecule has 0 radical (unpaired) electrons. The molecule has 78 valence electrons. The molecule has 0 rings (SSSR count). The van der Waals surface area contributed by atoms with Crippen molar-refractivity contribution in [1.29, 1.82) is 0 Å². The highest BCUT2D eigenvalue weighted by atomic mass is 16.5. The van der Waals surface area contributed by atoms with Crippen LogP contribution in [0.5, 0.6) is 0 Å². The molecule has 1 N–H and O–H groups in total. The molecular formula is C9H19NO3. The number of methoxy groups -OCH3 is 1. The van der Waals surface area contributed by atoms with E-state index < -0.39 is 5.97 Å². The molecule has 0 aliphatic carbocycles. The topological polar surface area (TPSA) is 49.8 Å². The summed E-state index contributed by atoms with van der Waals surface area (Å²) in [5.41, 5.74) is 0. The van der Waals surface area contributed by atoms with Gasteiger partial charge in [0, 0.05) is 20.2 Å². The molecule has 0 aliphatic heterocycles. The highest BCUT2D eigenvalue weighted by Crippen LogP contribution is 1.96. The second-order valence-electron chi connectivity index (χ2n) is 3.08. The van der Waals surface area contributed by atoms with Crippen molar-refractivity contribution in [3.63, 3.8) is 0 Å². The number of aliphatic carboxylic acids is 1. The monoisotopic (exact) mass is 189 g/mol. The average molecular weight is 189 g/mol. The molecule has 4 heteroatoms. The van der Waals surface area contributed by atoms with Gasteiger partial charge in [-0.25, -0.2) is 0 Å². The van der Waals surface area contributed by atoms with Crippen LogP contribution in [0.15, 0.2) is 0 Å². The van der Waals surface area contributed by atoms with Gasteiger partial charge in [0.05, 0.1) is 12.5 Å². The zero-order chi connectivity index (χ0) is 10.3. The lowest BCUT2D eigenvalue weighted by molar-refractivity contribution is -0.137. The molecule has 0 aromatic rings. The van der Waals surface area contributed by atoms with E-state index >= 15 is 0 Å². The van der Waals surface area contributed by atoms with Gasteiger partial charge >= 0.3 is 5.97 Å². The number of nitrogens with zero attached hydrogens (tertiary/aromatic N) is 1. The normalized spacial score (nSPS) is 13.2. The van der Waals surface area contributed by atoms with Crippen LogP contribution in [-0.4, -0.2) is 48.8 Å². The quantitative estimate of drug-likeness (QED) is 0.644. The summed E-state index contributed by atoms with van der Waals surface area (Å²) in [6, 6.07) is 0. The molecule has 0 aromatic carbocycles. The van der Waals surface area contributed by atoms with Crippen molar-refractivity contribution in [3.8, 4) is 0 Å². The second-order valence-corrected chi connectivity index (χ2v) is 3.08. The fourth-order valence-electron chi connectivity index (χ4n) is 1.07. The third-order valence-electron chi connectivity index (χ3n) is 2.01. The molecule has 0 saturated heterocycles. The lowest BCUT2D eigenvalue weighted by Crippen LogP contribution is -2.33. The van der Waals surface area contributed by atoms with Crippen molar-refractivity contribution in [2.75, 3.05) is 26.7 Å². The summed E-state index contributed by atoms with van der Waals surface area (Å²) in [5, 5.41) is 8.49. The number of carboxylic acid groups (broad SMARTS) is 1. The van der Waals surface area contributed by atoms with Gasteiger partial charge in [-0.1, -0.05) is 6.92 Å². The number of hydrogen-bond acceptors (Lipinski definition) is 3. The first-order chi connectivity index (χ1) is 6.10. The molecule has 0 fully saturated rings. The van der Waals surface area contributed by atoms with Crippen LogP contribution < -0.4 is 0 Å². The number of hydrogen-bond donors (Lipinski definition) is 1. The van der Waals surface area contributed by atoms with Gasteiger partial charge in [-0.15, -0.1) is 0 Å². The Labute approximate surface area is 79.5 Å². The minimum Gasteiger partial charge on any atom is -0.481 e. The summed E-state index contributed by atoms with van der Waals surface area (Å²) in [7, 11) is 1.66. The van der Waals surface area contributed by atoms with Gasteiger partial charge in [0.25, 0.3) is 0 Å². The van der Waals surface area contributed by atoms with Crippen molar-refractivity contribution < 1.29 is 14.6 Å². The first-order valence-electron chi connectivity index (χ1n) is 4.57. The average Bonchev–Trinajstić information content (AvgIpc) is 2.11. The molecule has 13 heavy (non-hydrogen) atoms. The fraction of sp³-hybridized carbons (Fsp3) is 0.889. The smallest absolute Gasteiger partial charge is 0.304 e. The standard InChI is InChI=1S/C9H19NO3/c1-4-10(6-5-9(11)12)7-8(2)13-3/h8H,4-7H2,1-3H3,(H,11,12). The highest BCUT2D eigenvalue weighted by molar-refractivity contribution is 5.66. The van der Waals surface area contributed by atoms with Gasteiger partial charge in [-0.05, 0) is 13.5 Å². The molecule has 4 nitrogen and oxygen atoms in total. The zero-order valence-electron chi connectivity index (χ0n) is 8.62. The van der Waals surface area contributed by atoms with Crippen molar-refractivity contribution in [1.82, 2.24) is 4.90 Å². The van der Waals surface area contributed by atoms with Gasteiger partial charge in [0.1, 0.15) is 0 Å². The van der Waals surface area contributed by atoms with Crippen LogP contribution in [0.25, 0.3) is 0 Å². The Bertz CT molecular complexity index is 150. The molecule has 0 heterocycles. The van der Waals surface area contributed by atoms with Gasteiger partial charge in [-0.3, -0.25) is 4.79 Å². The molecule has 1 unspecified atom stereocenters. The van der Waals surface area contributed by atoms with Crippen LogP contribution in [-0.2, 0) is 9.53 Å². The van der Waals surface area contributed by atoms with Crippen molar-refractivity contribution in [3.05, 3.63) is 0 Å². The SMILES string of the molecule is CCN(CCC(=O)O)CC(C)OC. The van der Waals surface area contributed by atoms with Gasteiger partial charge in [0.2, 0.25) is 0 Å². The molecule has 0 amide bonds. The largest absolute Gasteiger partial charge is 0.481 e. The zero-order valence-corrected chi connectivity index (χ0v) is 8.62. The van der Waals surface area contributed by atoms with Crippen LogP contribution in [0, 0.1) is 0 Å². The first-order valence-corrected chi connectivity index (χ1v) is 4.57. The minimum absolute atomic E-state index is 0.161. The Hall–Kier alpha value is -0.610. The lowest BCUT2D eigenvalue weighted by atomic mass is 10.3. The third-order valence-corrected chi connectivity index (χ3v) is 2.01. The maximum Gasteiger partial charge on any atom is 0.304 e. The Morgan fingerprint density at radius 2 is 2.23 bits per heavy atom. The third kappa shape index (κ3) is 6.54. The van der Waals surface area contributed by atoms with E-state index in [4.69, 9.17) is 9.84 Å². The highest BCUT2D eigenvalue weighted by Gasteiger charge is 2.08. The summed E-state index contributed by atoms with van der Waals surface area (Å²) in [4.78, 5) is 12.4. The Morgan fingerprint density at radius 3 is 2.62 bits per heavy atom. The number of rotatable bonds is 7. The first kappa shape index (κ1) is 12.4. The van der Waals surface area contributed by atoms with Gasteiger partial charge in [0.15, 0.2) is 0 Å². The van der Waals surface area contributed by atoms with E-state index in [1.54, 1.807) is 7.11 Å². The lowest BCUT2D eigenvalue weighted by Gasteiger charge is -2.22. The van der Waals surface area contributed by atoms with Gasteiger partial charge < -0.3 is 14.7 Å². The molecule has 0 bridgehead atoms. The van der Waals surface area contributed by atoms with Crippen molar-refractivity contribution in [2.45, 2.75) is 26.4 Å². The summed E-state index contributed by atoms with van der Waals surface area (Å²) in [6.45, 7) is 6.24. The van der Waals surface area contributed by atoms with Crippen LogP contribution in [0.3, 0.4) is 0 Å². The molecule has 0 spiro atoms. The molecule has 1 atom stereocenters. The van der Waals surface area contributed by atoms with Crippen LogP contribution in [0.2, 0.25) is 0 Å². The fourth-order valence-corrected chi connectivity index (χ4v) is 1.07. The van der Waals surface area contributed by atoms with Crippen LogP contribution in [0.1, 0.15) is 20.3 Å². The predicted octanol–water partition coefficient (Wildman–Crippen LogP) is 0.818. The number of carbonyl (C=O) groups is 1. The Morgan fingerprint density at radius 1 is 1.62 bits per heavy atom. The molecule has 0 aromatic heterocycles. The Kier molecular flexibility index (Phi) is 6.54. The van der Waals surface area contributed by atoms with Crippen molar-refractivity contribution in [2.24, 2.45) is 0 Å². The van der Waals surface area contributed by atoms with E-state index in [1.807, 2.05) is 13.8 Å².